The number of fused-ring (bicyclic) bond motifs is 1. The first kappa shape index (κ1) is 21.1. The standard InChI is InChI=1S/C23H24N4O3/c1-2-20(18-12-11-16-7-3-4-8-17(16)13-18)25-15-19(14-24)23(28)26-21-9-5-6-10-22(21)27(29)30/h5-6,9-13,15,20,25H,2-4,7-8H2,1H3,(H,26,28)/b19-15-. The maximum atomic E-state index is 12.5. The third-order valence-corrected chi connectivity index (χ3v) is 5.33. The number of anilines is 1. The molecule has 0 saturated carbocycles. The molecule has 0 radical (unpaired) electrons. The lowest BCUT2D eigenvalue weighted by Gasteiger charge is -2.21. The average molecular weight is 404 g/mol. The van der Waals surface area contributed by atoms with Crippen LogP contribution in [0.15, 0.2) is 54.2 Å². The van der Waals surface area contributed by atoms with Gasteiger partial charge in [0.25, 0.3) is 11.6 Å². The predicted molar refractivity (Wildman–Crippen MR) is 115 cm³/mol. The number of nitrogens with zero attached hydrogens (tertiary/aromatic N) is 2. The molecular formula is C23H24N4O3. The molecule has 7 heteroatoms. The summed E-state index contributed by atoms with van der Waals surface area (Å²) in [6.45, 7) is 2.03. The molecule has 30 heavy (non-hydrogen) atoms. The van der Waals surface area contributed by atoms with Gasteiger partial charge >= 0.3 is 0 Å². The quantitative estimate of drug-likeness (QED) is 0.304. The molecule has 1 unspecified atom stereocenters. The minimum Gasteiger partial charge on any atom is -0.383 e. The second-order valence-corrected chi connectivity index (χ2v) is 7.26. The highest BCUT2D eigenvalue weighted by atomic mass is 16.6. The van der Waals surface area contributed by atoms with Crippen LogP contribution in [0.3, 0.4) is 0 Å². The molecule has 154 valence electrons. The van der Waals surface area contributed by atoms with E-state index in [1.165, 1.54) is 48.4 Å². The van der Waals surface area contributed by atoms with Crippen LogP contribution in [0.1, 0.15) is 48.9 Å². The van der Waals surface area contributed by atoms with Crippen molar-refractivity contribution >= 4 is 17.3 Å². The number of nitro benzene ring substituents is 1. The summed E-state index contributed by atoms with van der Waals surface area (Å²) in [6, 6.07) is 14.1. The molecule has 0 bridgehead atoms. The monoisotopic (exact) mass is 404 g/mol. The van der Waals surface area contributed by atoms with Crippen LogP contribution in [-0.4, -0.2) is 10.8 Å². The Morgan fingerprint density at radius 3 is 2.67 bits per heavy atom. The molecular weight excluding hydrogens is 380 g/mol. The Labute approximate surface area is 175 Å². The molecule has 2 aromatic rings. The third kappa shape index (κ3) is 4.84. The lowest BCUT2D eigenvalue weighted by atomic mass is 9.89. The van der Waals surface area contributed by atoms with Crippen LogP contribution in [-0.2, 0) is 17.6 Å². The number of carbonyl (C=O) groups excluding carboxylic acids is 1. The number of benzene rings is 2. The van der Waals surface area contributed by atoms with Gasteiger partial charge in [0.05, 0.1) is 11.0 Å². The molecule has 3 rings (SSSR count). The smallest absolute Gasteiger partial charge is 0.292 e. The fourth-order valence-electron chi connectivity index (χ4n) is 3.68. The molecule has 0 aliphatic heterocycles. The first-order valence-corrected chi connectivity index (χ1v) is 10.1. The molecule has 0 aromatic heterocycles. The van der Waals surface area contributed by atoms with Gasteiger partial charge in [0.1, 0.15) is 17.3 Å². The topological polar surface area (TPSA) is 108 Å². The fraction of sp³-hybridized carbons (Fsp3) is 0.304. The summed E-state index contributed by atoms with van der Waals surface area (Å²) in [4.78, 5) is 23.0. The lowest BCUT2D eigenvalue weighted by molar-refractivity contribution is -0.383. The van der Waals surface area contributed by atoms with Crippen molar-refractivity contribution in [2.24, 2.45) is 0 Å². The van der Waals surface area contributed by atoms with Crippen LogP contribution in [0.4, 0.5) is 11.4 Å². The van der Waals surface area contributed by atoms with Crippen molar-refractivity contribution in [3.8, 4) is 6.07 Å². The zero-order valence-corrected chi connectivity index (χ0v) is 16.9. The van der Waals surface area contributed by atoms with E-state index in [4.69, 9.17) is 0 Å². The number of carbonyl (C=O) groups is 1. The number of aryl methyl sites for hydroxylation is 2. The number of rotatable bonds is 7. The van der Waals surface area contributed by atoms with E-state index >= 15 is 0 Å². The molecule has 0 heterocycles. The van der Waals surface area contributed by atoms with E-state index in [1.807, 2.05) is 13.0 Å². The van der Waals surface area contributed by atoms with Gasteiger partial charge < -0.3 is 10.6 Å². The van der Waals surface area contributed by atoms with E-state index in [1.54, 1.807) is 6.07 Å². The summed E-state index contributed by atoms with van der Waals surface area (Å²) >= 11 is 0. The summed E-state index contributed by atoms with van der Waals surface area (Å²) in [5, 5.41) is 26.2. The predicted octanol–water partition coefficient (Wildman–Crippen LogP) is 4.56. The SMILES string of the molecule is CCC(N/C=C(/C#N)C(=O)Nc1ccccc1[N+](=O)[O-])c1ccc2c(c1)CCCC2. The van der Waals surface area contributed by atoms with Crippen molar-refractivity contribution in [3.05, 3.63) is 81.0 Å². The second kappa shape index (κ2) is 9.70. The van der Waals surface area contributed by atoms with Crippen LogP contribution in [0.5, 0.6) is 0 Å². The van der Waals surface area contributed by atoms with E-state index < -0.39 is 10.8 Å². The van der Waals surface area contributed by atoms with E-state index in [2.05, 4.69) is 28.8 Å². The van der Waals surface area contributed by atoms with Gasteiger partial charge in [-0.3, -0.25) is 14.9 Å². The molecule has 0 saturated heterocycles. The zero-order valence-electron chi connectivity index (χ0n) is 16.9. The maximum Gasteiger partial charge on any atom is 0.292 e. The van der Waals surface area contributed by atoms with Gasteiger partial charge in [-0.2, -0.15) is 5.26 Å². The minimum absolute atomic E-state index is 0.0422. The number of nitrogens with one attached hydrogen (secondary N) is 2. The number of para-hydroxylation sites is 2. The maximum absolute atomic E-state index is 12.5. The van der Waals surface area contributed by atoms with Gasteiger partial charge in [-0.25, -0.2) is 0 Å². The Morgan fingerprint density at radius 2 is 1.97 bits per heavy atom. The van der Waals surface area contributed by atoms with Crippen LogP contribution < -0.4 is 10.6 Å². The van der Waals surface area contributed by atoms with Crippen LogP contribution in [0.25, 0.3) is 0 Å². The number of amides is 1. The number of nitro groups is 1. The van der Waals surface area contributed by atoms with Gasteiger partial charge in [-0.1, -0.05) is 37.3 Å². The van der Waals surface area contributed by atoms with Crippen molar-refractivity contribution in [1.82, 2.24) is 5.32 Å². The summed E-state index contributed by atoms with van der Waals surface area (Å²) in [5.74, 6) is -0.695. The molecule has 0 spiro atoms. The summed E-state index contributed by atoms with van der Waals surface area (Å²) in [7, 11) is 0. The van der Waals surface area contributed by atoms with Gasteiger partial charge in [0.2, 0.25) is 0 Å². The van der Waals surface area contributed by atoms with Crippen molar-refractivity contribution < 1.29 is 9.72 Å². The van der Waals surface area contributed by atoms with Crippen molar-refractivity contribution in [2.45, 2.75) is 45.1 Å². The summed E-state index contributed by atoms with van der Waals surface area (Å²) < 4.78 is 0. The van der Waals surface area contributed by atoms with Crippen LogP contribution in [0, 0.1) is 21.4 Å². The molecule has 1 amide bonds. The Hall–Kier alpha value is -3.66. The Balaban J connectivity index is 1.74. The van der Waals surface area contributed by atoms with Crippen molar-refractivity contribution in [1.29, 1.82) is 5.26 Å². The van der Waals surface area contributed by atoms with E-state index in [0.29, 0.717) is 0 Å². The molecule has 0 fully saturated rings. The minimum atomic E-state index is -0.695. The van der Waals surface area contributed by atoms with Gasteiger partial charge in [-0.05, 0) is 54.9 Å². The molecule has 2 N–H and O–H groups in total. The first-order valence-electron chi connectivity index (χ1n) is 10.1. The number of nitriles is 1. The van der Waals surface area contributed by atoms with Crippen LogP contribution >= 0.6 is 0 Å². The highest BCUT2D eigenvalue weighted by molar-refractivity contribution is 6.07. The zero-order chi connectivity index (χ0) is 21.5. The van der Waals surface area contributed by atoms with Crippen molar-refractivity contribution in [3.63, 3.8) is 0 Å². The van der Waals surface area contributed by atoms with Crippen LogP contribution in [0.2, 0.25) is 0 Å². The van der Waals surface area contributed by atoms with Gasteiger partial charge in [0.15, 0.2) is 0 Å². The van der Waals surface area contributed by atoms with Crippen molar-refractivity contribution in [2.75, 3.05) is 5.32 Å². The number of hydrogen-bond acceptors (Lipinski definition) is 5. The largest absolute Gasteiger partial charge is 0.383 e. The fourth-order valence-corrected chi connectivity index (χ4v) is 3.68. The lowest BCUT2D eigenvalue weighted by Crippen LogP contribution is -2.20. The summed E-state index contributed by atoms with van der Waals surface area (Å²) in [5.41, 5.74) is 3.57. The molecule has 1 aliphatic carbocycles. The Kier molecular flexibility index (Phi) is 6.81. The van der Waals surface area contributed by atoms with Gasteiger partial charge in [0, 0.05) is 12.3 Å². The van der Waals surface area contributed by atoms with E-state index in [-0.39, 0.29) is 23.0 Å². The highest BCUT2D eigenvalue weighted by Crippen LogP contribution is 2.26. The van der Waals surface area contributed by atoms with E-state index in [9.17, 15) is 20.2 Å². The first-order chi connectivity index (χ1) is 14.5. The normalized spacial score (nSPS) is 14.2. The second-order valence-electron chi connectivity index (χ2n) is 7.26. The van der Waals surface area contributed by atoms with Gasteiger partial charge in [-0.15, -0.1) is 0 Å². The molecule has 2 aromatic carbocycles. The Bertz CT molecular complexity index is 1020. The average Bonchev–Trinajstić information content (AvgIpc) is 2.76. The highest BCUT2D eigenvalue weighted by Gasteiger charge is 2.18. The Morgan fingerprint density at radius 1 is 1.23 bits per heavy atom. The molecule has 1 aliphatic rings. The molecule has 1 atom stereocenters. The van der Waals surface area contributed by atoms with E-state index in [0.717, 1.165) is 24.8 Å². The third-order valence-electron chi connectivity index (χ3n) is 5.33. The molecule has 7 nitrogen and oxygen atoms in total. The summed E-state index contributed by atoms with van der Waals surface area (Å²) in [6.07, 6.45) is 6.79. The number of hydrogen-bond donors (Lipinski definition) is 2.